The van der Waals surface area contributed by atoms with E-state index in [1.54, 1.807) is 20.8 Å². The maximum atomic E-state index is 11.7. The number of carboxylic acid groups (broad SMARTS) is 1. The van der Waals surface area contributed by atoms with Gasteiger partial charge >= 0.3 is 5.97 Å². The number of hydrogen-bond donors (Lipinski definition) is 0. The molecule has 0 aliphatic heterocycles. The van der Waals surface area contributed by atoms with Gasteiger partial charge in [-0.2, -0.15) is 0 Å². The summed E-state index contributed by atoms with van der Waals surface area (Å²) in [6.07, 6.45) is -0.291. The molecule has 130 valence electrons. The molecule has 0 spiro atoms. The van der Waals surface area contributed by atoms with Crippen LogP contribution < -0.4 is 5.11 Å². The van der Waals surface area contributed by atoms with Crippen LogP contribution in [0.2, 0.25) is 0 Å². The average molecular weight is 330 g/mol. The summed E-state index contributed by atoms with van der Waals surface area (Å²) >= 11 is 0. The Kier molecular flexibility index (Phi) is 6.35. The predicted octanol–water partition coefficient (Wildman–Crippen LogP) is 2.72. The molecule has 24 heavy (non-hydrogen) atoms. The van der Waals surface area contributed by atoms with Crippen molar-refractivity contribution in [1.82, 2.24) is 4.90 Å². The molecule has 0 bridgehead atoms. The topological polar surface area (TPSA) is 69.7 Å². The molecule has 0 fully saturated rings. The second-order valence-corrected chi connectivity index (χ2v) is 6.24. The molecule has 1 aromatic carbocycles. The average Bonchev–Trinajstić information content (AvgIpc) is 2.52. The van der Waals surface area contributed by atoms with E-state index in [1.165, 1.54) is 4.90 Å². The van der Waals surface area contributed by atoms with Crippen LogP contribution in [0.15, 0.2) is 43.5 Å². The Morgan fingerprint density at radius 1 is 1.42 bits per heavy atom. The summed E-state index contributed by atoms with van der Waals surface area (Å²) in [5.41, 5.74) is 1.75. The molecular formula is C19H24NO4-. The third-order valence-electron chi connectivity index (χ3n) is 3.94. The van der Waals surface area contributed by atoms with E-state index < -0.39 is 23.6 Å². The zero-order valence-electron chi connectivity index (χ0n) is 14.7. The van der Waals surface area contributed by atoms with Crippen molar-refractivity contribution in [2.75, 3.05) is 6.61 Å². The summed E-state index contributed by atoms with van der Waals surface area (Å²) in [5, 5.41) is 11.7. The van der Waals surface area contributed by atoms with Crippen molar-refractivity contribution in [3.63, 3.8) is 0 Å². The summed E-state index contributed by atoms with van der Waals surface area (Å²) in [6, 6.07) is 6.95. The molecular weight excluding hydrogens is 306 g/mol. The molecule has 0 saturated heterocycles. The third kappa shape index (κ3) is 4.47. The van der Waals surface area contributed by atoms with Crippen molar-refractivity contribution < 1.29 is 19.4 Å². The minimum Gasteiger partial charge on any atom is -0.530 e. The molecule has 0 aliphatic carbocycles. The van der Waals surface area contributed by atoms with Crippen LogP contribution in [0.1, 0.15) is 38.8 Å². The van der Waals surface area contributed by atoms with Gasteiger partial charge in [-0.25, -0.2) is 4.79 Å². The summed E-state index contributed by atoms with van der Waals surface area (Å²) in [6.45, 7) is 14.3. The van der Waals surface area contributed by atoms with E-state index in [1.807, 2.05) is 31.2 Å². The number of benzene rings is 1. The molecule has 5 heteroatoms. The lowest BCUT2D eigenvalue weighted by atomic mass is 9.89. The van der Waals surface area contributed by atoms with Gasteiger partial charge in [-0.05, 0) is 44.9 Å². The number of carbonyl (C=O) groups excluding carboxylic acids is 2. The Bertz CT molecular complexity index is 649. The molecule has 0 N–H and O–H groups in total. The maximum Gasteiger partial charge on any atom is 0.330 e. The van der Waals surface area contributed by atoms with Gasteiger partial charge in [0.1, 0.15) is 12.7 Å². The molecule has 1 atom stereocenters. The summed E-state index contributed by atoms with van der Waals surface area (Å²) < 4.78 is 4.97. The summed E-state index contributed by atoms with van der Waals surface area (Å²) in [5.74, 6) is -0.595. The molecule has 1 unspecified atom stereocenters. The zero-order valence-corrected chi connectivity index (χ0v) is 14.7. The van der Waals surface area contributed by atoms with Crippen LogP contribution in [0.3, 0.4) is 0 Å². The molecule has 1 rings (SSSR count). The van der Waals surface area contributed by atoms with E-state index in [0.717, 1.165) is 22.8 Å². The Balaban J connectivity index is 3.15. The van der Waals surface area contributed by atoms with Gasteiger partial charge in [-0.1, -0.05) is 36.9 Å². The molecule has 0 heterocycles. The number of ether oxygens (including phenoxy) is 1. The SMILES string of the molecule is C=CC(=O)OCC(C)N(C(=O)[O-])C(C)(C)c1cccc(C(=C)C)c1. The summed E-state index contributed by atoms with van der Waals surface area (Å²) in [7, 11) is 0. The highest BCUT2D eigenvalue weighted by Gasteiger charge is 2.33. The Hall–Kier alpha value is -2.56. The second kappa shape index (κ2) is 7.81. The van der Waals surface area contributed by atoms with Gasteiger partial charge in [-0.3, -0.25) is 0 Å². The van der Waals surface area contributed by atoms with Gasteiger partial charge < -0.3 is 19.5 Å². The fourth-order valence-electron chi connectivity index (χ4n) is 2.60. The second-order valence-electron chi connectivity index (χ2n) is 6.24. The van der Waals surface area contributed by atoms with Crippen molar-refractivity contribution in [3.8, 4) is 0 Å². The molecule has 0 saturated carbocycles. The van der Waals surface area contributed by atoms with Crippen LogP contribution in [0, 0.1) is 0 Å². The fourth-order valence-corrected chi connectivity index (χ4v) is 2.60. The molecule has 0 aromatic heterocycles. The number of allylic oxidation sites excluding steroid dienone is 1. The number of nitrogens with zero attached hydrogens (tertiary/aromatic N) is 1. The number of hydrogen-bond acceptors (Lipinski definition) is 4. The first-order chi connectivity index (χ1) is 11.1. The largest absolute Gasteiger partial charge is 0.530 e. The van der Waals surface area contributed by atoms with Crippen LogP contribution >= 0.6 is 0 Å². The Morgan fingerprint density at radius 2 is 2.04 bits per heavy atom. The van der Waals surface area contributed by atoms with Crippen molar-refractivity contribution in [2.24, 2.45) is 0 Å². The zero-order chi connectivity index (χ0) is 18.5. The normalized spacial score (nSPS) is 12.2. The van der Waals surface area contributed by atoms with E-state index in [-0.39, 0.29) is 6.61 Å². The highest BCUT2D eigenvalue weighted by Crippen LogP contribution is 2.31. The Labute approximate surface area is 143 Å². The minimum atomic E-state index is -1.33. The highest BCUT2D eigenvalue weighted by atomic mass is 16.5. The number of rotatable bonds is 7. The van der Waals surface area contributed by atoms with Crippen LogP contribution in [-0.2, 0) is 15.1 Å². The number of carbonyl (C=O) groups is 2. The smallest absolute Gasteiger partial charge is 0.330 e. The van der Waals surface area contributed by atoms with Gasteiger partial charge in [-0.15, -0.1) is 0 Å². The minimum absolute atomic E-state index is 0.0809. The number of esters is 1. The van der Waals surface area contributed by atoms with E-state index >= 15 is 0 Å². The van der Waals surface area contributed by atoms with Gasteiger partial charge in [0.05, 0.1) is 11.6 Å². The quantitative estimate of drug-likeness (QED) is 0.569. The molecule has 0 radical (unpaired) electrons. The standard InChI is InChI=1S/C19H25NO4/c1-7-17(21)24-12-14(4)20(18(22)23)19(5,6)16-10-8-9-15(11-16)13(2)3/h7-11,14H,1-2,12H2,3-6H3,(H,22,23)/p-1. The first-order valence-electron chi connectivity index (χ1n) is 7.67. The van der Waals surface area contributed by atoms with Gasteiger partial charge in [0.25, 0.3) is 0 Å². The fraction of sp³-hybridized carbons (Fsp3) is 0.368. The third-order valence-corrected chi connectivity index (χ3v) is 3.94. The van der Waals surface area contributed by atoms with Crippen molar-refractivity contribution in [2.45, 2.75) is 39.3 Å². The first kappa shape index (κ1) is 19.5. The van der Waals surface area contributed by atoms with Crippen molar-refractivity contribution in [1.29, 1.82) is 0 Å². The monoisotopic (exact) mass is 330 g/mol. The number of amides is 1. The van der Waals surface area contributed by atoms with Crippen LogP contribution in [0.5, 0.6) is 0 Å². The Morgan fingerprint density at radius 3 is 2.54 bits per heavy atom. The maximum absolute atomic E-state index is 11.7. The summed E-state index contributed by atoms with van der Waals surface area (Å²) in [4.78, 5) is 24.1. The molecule has 0 aliphatic rings. The lowest BCUT2D eigenvalue weighted by molar-refractivity contribution is -0.275. The van der Waals surface area contributed by atoms with Crippen molar-refractivity contribution >= 4 is 17.6 Å². The lowest BCUT2D eigenvalue weighted by Crippen LogP contribution is -2.56. The van der Waals surface area contributed by atoms with E-state index in [0.29, 0.717) is 0 Å². The highest BCUT2D eigenvalue weighted by molar-refractivity contribution is 5.81. The van der Waals surface area contributed by atoms with Gasteiger partial charge in [0.15, 0.2) is 0 Å². The van der Waals surface area contributed by atoms with Crippen molar-refractivity contribution in [3.05, 3.63) is 54.6 Å². The predicted molar refractivity (Wildman–Crippen MR) is 92.0 cm³/mol. The molecule has 1 amide bonds. The van der Waals surface area contributed by atoms with E-state index in [4.69, 9.17) is 4.74 Å². The lowest BCUT2D eigenvalue weighted by Gasteiger charge is -2.44. The van der Waals surface area contributed by atoms with Gasteiger partial charge in [0.2, 0.25) is 0 Å². The molecule has 5 nitrogen and oxygen atoms in total. The van der Waals surface area contributed by atoms with Gasteiger partial charge in [0, 0.05) is 6.08 Å². The van der Waals surface area contributed by atoms with Crippen LogP contribution in [0.25, 0.3) is 5.57 Å². The van der Waals surface area contributed by atoms with Crippen LogP contribution in [-0.4, -0.2) is 29.6 Å². The van der Waals surface area contributed by atoms with E-state index in [2.05, 4.69) is 13.2 Å². The van der Waals surface area contributed by atoms with E-state index in [9.17, 15) is 14.7 Å². The molecule has 1 aromatic rings. The van der Waals surface area contributed by atoms with Crippen LogP contribution in [0.4, 0.5) is 4.79 Å². The first-order valence-corrected chi connectivity index (χ1v) is 7.67.